The van der Waals surface area contributed by atoms with E-state index >= 15 is 4.39 Å². The average Bonchev–Trinajstić information content (AvgIpc) is 3.36. The van der Waals surface area contributed by atoms with Gasteiger partial charge in [0.25, 0.3) is 0 Å². The van der Waals surface area contributed by atoms with Gasteiger partial charge in [0.2, 0.25) is 0 Å². The summed E-state index contributed by atoms with van der Waals surface area (Å²) in [5.74, 6) is -1.55. The quantitative estimate of drug-likeness (QED) is 0.545. The van der Waals surface area contributed by atoms with Crippen LogP contribution in [0.4, 0.5) is 10.1 Å². The van der Waals surface area contributed by atoms with E-state index in [1.165, 1.54) is 34.9 Å². The number of fused-ring (bicyclic) bond motifs is 1. The molecule has 11 heteroatoms. The van der Waals surface area contributed by atoms with Crippen LogP contribution in [-0.2, 0) is 10.2 Å². The summed E-state index contributed by atoms with van der Waals surface area (Å²) in [6.45, 7) is 0.646. The topological polar surface area (TPSA) is 98.4 Å². The van der Waals surface area contributed by atoms with Crippen molar-refractivity contribution < 1.29 is 17.6 Å². The summed E-state index contributed by atoms with van der Waals surface area (Å²) in [5.41, 5.74) is 0.0931. The molecule has 3 heterocycles. The van der Waals surface area contributed by atoms with Crippen molar-refractivity contribution in [2.24, 2.45) is 0 Å². The van der Waals surface area contributed by atoms with E-state index in [0.717, 1.165) is 0 Å². The SMILES string of the molecule is CN(C)C1CCN(S(=O)(=O)Nc2cccc(C(=O)c3c[nH]c4ncc(Cl)cc34)c2F)C1. The predicted molar refractivity (Wildman–Crippen MR) is 117 cm³/mol. The van der Waals surface area contributed by atoms with Gasteiger partial charge in [-0.15, -0.1) is 0 Å². The van der Waals surface area contributed by atoms with Gasteiger partial charge in [0.1, 0.15) is 5.65 Å². The molecule has 8 nitrogen and oxygen atoms in total. The van der Waals surface area contributed by atoms with Gasteiger partial charge in [-0.25, -0.2) is 9.37 Å². The molecular weight excluding hydrogens is 445 g/mol. The molecule has 1 fully saturated rings. The fraction of sp³-hybridized carbons (Fsp3) is 0.300. The Bertz CT molecular complexity index is 1260. The highest BCUT2D eigenvalue weighted by Gasteiger charge is 2.33. The largest absolute Gasteiger partial charge is 0.345 e. The number of carbonyl (C=O) groups is 1. The van der Waals surface area contributed by atoms with Gasteiger partial charge in [0.15, 0.2) is 11.6 Å². The summed E-state index contributed by atoms with van der Waals surface area (Å²) in [6.07, 6.45) is 3.55. The van der Waals surface area contributed by atoms with Crippen LogP contribution in [0.2, 0.25) is 5.02 Å². The van der Waals surface area contributed by atoms with E-state index in [0.29, 0.717) is 35.6 Å². The van der Waals surface area contributed by atoms with Crippen LogP contribution in [0.1, 0.15) is 22.3 Å². The first-order chi connectivity index (χ1) is 14.7. The number of hydrogen-bond donors (Lipinski definition) is 2. The third kappa shape index (κ3) is 4.16. The van der Waals surface area contributed by atoms with Crippen molar-refractivity contribution in [1.29, 1.82) is 0 Å². The van der Waals surface area contributed by atoms with Crippen molar-refractivity contribution in [2.45, 2.75) is 12.5 Å². The van der Waals surface area contributed by atoms with E-state index in [1.807, 2.05) is 19.0 Å². The van der Waals surface area contributed by atoms with Crippen molar-refractivity contribution >= 4 is 44.3 Å². The first-order valence-corrected chi connectivity index (χ1v) is 11.4. The lowest BCUT2D eigenvalue weighted by molar-refractivity contribution is 0.103. The number of likely N-dealkylation sites (N-methyl/N-ethyl adjacent to an activating group) is 1. The van der Waals surface area contributed by atoms with Crippen LogP contribution in [0.3, 0.4) is 0 Å². The highest BCUT2D eigenvalue weighted by atomic mass is 35.5. The molecule has 1 saturated heterocycles. The number of ketones is 1. The molecule has 164 valence electrons. The Balaban J connectivity index is 1.62. The number of anilines is 1. The van der Waals surface area contributed by atoms with Crippen molar-refractivity contribution in [2.75, 3.05) is 31.9 Å². The van der Waals surface area contributed by atoms with Crippen molar-refractivity contribution in [3.05, 3.63) is 58.6 Å². The van der Waals surface area contributed by atoms with E-state index in [2.05, 4.69) is 14.7 Å². The smallest absolute Gasteiger partial charge is 0.301 e. The monoisotopic (exact) mass is 465 g/mol. The van der Waals surface area contributed by atoms with Gasteiger partial charge in [0.05, 0.1) is 16.3 Å². The summed E-state index contributed by atoms with van der Waals surface area (Å²) in [6, 6.07) is 5.69. The lowest BCUT2D eigenvalue weighted by Gasteiger charge is -2.21. The van der Waals surface area contributed by atoms with E-state index in [-0.39, 0.29) is 22.9 Å². The zero-order chi connectivity index (χ0) is 22.3. The molecular formula is C20H21ClFN5O3S. The number of benzene rings is 1. The third-order valence-electron chi connectivity index (χ3n) is 5.42. The van der Waals surface area contributed by atoms with Gasteiger partial charge in [0, 0.05) is 42.5 Å². The number of rotatable bonds is 6. The Labute approximate surface area is 184 Å². The molecule has 4 rings (SSSR count). The van der Waals surface area contributed by atoms with Crippen molar-refractivity contribution in [3.8, 4) is 0 Å². The number of hydrogen-bond acceptors (Lipinski definition) is 5. The van der Waals surface area contributed by atoms with Gasteiger partial charge in [-0.3, -0.25) is 9.52 Å². The van der Waals surface area contributed by atoms with Crippen LogP contribution in [0.25, 0.3) is 11.0 Å². The average molecular weight is 466 g/mol. The Morgan fingerprint density at radius 2 is 2.13 bits per heavy atom. The molecule has 0 bridgehead atoms. The zero-order valence-electron chi connectivity index (χ0n) is 16.9. The molecule has 1 aromatic carbocycles. The third-order valence-corrected chi connectivity index (χ3v) is 7.12. The standard InChI is InChI=1S/C20H21ClFN5O3S/c1-26(2)13-6-7-27(11-13)31(29,30)25-17-5-3-4-14(18(17)22)19(28)16-10-24-20-15(16)8-12(21)9-23-20/h3-5,8-10,13,25H,6-7,11H2,1-2H3,(H,23,24). The molecule has 3 aromatic rings. The zero-order valence-corrected chi connectivity index (χ0v) is 18.5. The Hall–Kier alpha value is -2.53. The molecule has 0 aliphatic carbocycles. The van der Waals surface area contributed by atoms with E-state index in [4.69, 9.17) is 11.6 Å². The highest BCUT2D eigenvalue weighted by Crippen LogP contribution is 2.27. The number of pyridine rings is 1. The molecule has 0 radical (unpaired) electrons. The number of nitrogens with one attached hydrogen (secondary N) is 2. The number of aromatic amines is 1. The Morgan fingerprint density at radius 1 is 1.35 bits per heavy atom. The molecule has 2 aromatic heterocycles. The Morgan fingerprint density at radius 3 is 2.84 bits per heavy atom. The van der Waals surface area contributed by atoms with Crippen LogP contribution in [0.15, 0.2) is 36.7 Å². The number of H-pyrrole nitrogens is 1. The minimum absolute atomic E-state index is 0.0941. The second-order valence-electron chi connectivity index (χ2n) is 7.62. The first-order valence-electron chi connectivity index (χ1n) is 9.57. The lowest BCUT2D eigenvalue weighted by atomic mass is 10.0. The molecule has 31 heavy (non-hydrogen) atoms. The number of aromatic nitrogens is 2. The summed E-state index contributed by atoms with van der Waals surface area (Å²) in [4.78, 5) is 21.9. The summed E-state index contributed by atoms with van der Waals surface area (Å²) < 4.78 is 44.3. The number of halogens is 2. The second kappa shape index (κ2) is 8.19. The summed E-state index contributed by atoms with van der Waals surface area (Å²) in [5, 5.41) is 0.791. The predicted octanol–water partition coefficient (Wildman–Crippen LogP) is 2.88. The van der Waals surface area contributed by atoms with Crippen LogP contribution < -0.4 is 4.72 Å². The van der Waals surface area contributed by atoms with Crippen LogP contribution in [-0.4, -0.2) is 66.6 Å². The summed E-state index contributed by atoms with van der Waals surface area (Å²) in [7, 11) is -0.196. The maximum atomic E-state index is 15.2. The number of carbonyl (C=O) groups excluding carboxylic acids is 1. The van der Waals surface area contributed by atoms with Crippen molar-refractivity contribution in [1.82, 2.24) is 19.2 Å². The van der Waals surface area contributed by atoms with Gasteiger partial charge in [-0.1, -0.05) is 17.7 Å². The van der Waals surface area contributed by atoms with E-state index < -0.39 is 21.8 Å². The maximum absolute atomic E-state index is 15.2. The van der Waals surface area contributed by atoms with Gasteiger partial charge in [-0.05, 0) is 38.7 Å². The van der Waals surface area contributed by atoms with Gasteiger partial charge < -0.3 is 9.88 Å². The fourth-order valence-corrected chi connectivity index (χ4v) is 5.09. The highest BCUT2D eigenvalue weighted by molar-refractivity contribution is 7.90. The molecule has 0 saturated carbocycles. The molecule has 1 aliphatic heterocycles. The molecule has 1 unspecified atom stereocenters. The summed E-state index contributed by atoms with van der Waals surface area (Å²) >= 11 is 5.97. The second-order valence-corrected chi connectivity index (χ2v) is 9.73. The number of nitrogens with zero attached hydrogens (tertiary/aromatic N) is 3. The first kappa shape index (κ1) is 21.7. The molecule has 1 aliphatic rings. The fourth-order valence-electron chi connectivity index (χ4n) is 3.65. The van der Waals surface area contributed by atoms with Crippen LogP contribution >= 0.6 is 11.6 Å². The van der Waals surface area contributed by atoms with Crippen LogP contribution in [0, 0.1) is 5.82 Å². The maximum Gasteiger partial charge on any atom is 0.301 e. The Kier molecular flexibility index (Phi) is 5.73. The van der Waals surface area contributed by atoms with Crippen molar-refractivity contribution in [3.63, 3.8) is 0 Å². The molecule has 0 amide bonds. The lowest BCUT2D eigenvalue weighted by Crippen LogP contribution is -2.37. The molecule has 2 N–H and O–H groups in total. The normalized spacial score (nSPS) is 17.5. The van der Waals surface area contributed by atoms with Gasteiger partial charge in [-0.2, -0.15) is 12.7 Å². The van der Waals surface area contributed by atoms with E-state index in [9.17, 15) is 13.2 Å². The molecule has 1 atom stereocenters. The minimum atomic E-state index is -3.97. The molecule has 0 spiro atoms. The van der Waals surface area contributed by atoms with E-state index in [1.54, 1.807) is 6.07 Å². The van der Waals surface area contributed by atoms with Crippen LogP contribution in [0.5, 0.6) is 0 Å². The minimum Gasteiger partial charge on any atom is -0.345 e. The van der Waals surface area contributed by atoms with Gasteiger partial charge >= 0.3 is 10.2 Å².